The van der Waals surface area contributed by atoms with Gasteiger partial charge in [0, 0.05) is 24.2 Å². The number of hydrogen-bond donors (Lipinski definition) is 3. The van der Waals surface area contributed by atoms with Crippen LogP contribution >= 0.6 is 34.5 Å². The molecule has 0 saturated carbocycles. The summed E-state index contributed by atoms with van der Waals surface area (Å²) in [6.45, 7) is 9.33. The molecule has 41 heavy (non-hydrogen) atoms. The second-order valence-electron chi connectivity index (χ2n) is 9.02. The second-order valence-corrected chi connectivity index (χ2v) is 10.7. The monoisotopic (exact) mass is 617 g/mol. The lowest BCUT2D eigenvalue weighted by molar-refractivity contribution is 0.102. The van der Waals surface area contributed by atoms with E-state index in [1.165, 1.54) is 31.9 Å². The molecule has 3 heterocycles. The number of pyridine rings is 1. The topological polar surface area (TPSA) is 114 Å². The van der Waals surface area contributed by atoms with Gasteiger partial charge in [-0.1, -0.05) is 43.1 Å². The minimum absolute atomic E-state index is 0.160. The van der Waals surface area contributed by atoms with E-state index in [1.807, 2.05) is 18.3 Å². The fourth-order valence-electron chi connectivity index (χ4n) is 4.20. The van der Waals surface area contributed by atoms with Crippen LogP contribution in [-0.4, -0.2) is 66.2 Å². The molecule has 0 atom stereocenters. The summed E-state index contributed by atoms with van der Waals surface area (Å²) >= 11 is 14.2. The number of ether oxygens (including phenoxy) is 2. The minimum atomic E-state index is -0.438. The van der Waals surface area contributed by atoms with Gasteiger partial charge in [0.1, 0.15) is 33.7 Å². The Kier molecular flexibility index (Phi) is 10.9. The van der Waals surface area contributed by atoms with E-state index in [-0.39, 0.29) is 15.7 Å². The Morgan fingerprint density at radius 1 is 1.05 bits per heavy atom. The molecule has 3 aromatic heterocycles. The van der Waals surface area contributed by atoms with Crippen LogP contribution < -0.4 is 25.4 Å². The Bertz CT molecular complexity index is 1450. The van der Waals surface area contributed by atoms with Crippen molar-refractivity contribution in [2.45, 2.75) is 26.8 Å². The number of anilines is 3. The van der Waals surface area contributed by atoms with Crippen LogP contribution in [0.1, 0.15) is 36.2 Å². The van der Waals surface area contributed by atoms with E-state index in [1.54, 1.807) is 11.4 Å². The van der Waals surface area contributed by atoms with E-state index in [2.05, 4.69) is 49.6 Å². The van der Waals surface area contributed by atoms with Crippen molar-refractivity contribution in [2.24, 2.45) is 0 Å². The van der Waals surface area contributed by atoms with Gasteiger partial charge in [0.15, 0.2) is 5.82 Å². The summed E-state index contributed by atoms with van der Waals surface area (Å²) < 4.78 is 11.3. The van der Waals surface area contributed by atoms with E-state index in [4.69, 9.17) is 32.7 Å². The van der Waals surface area contributed by atoms with E-state index in [9.17, 15) is 4.79 Å². The Morgan fingerprint density at radius 2 is 1.78 bits per heavy atom. The summed E-state index contributed by atoms with van der Waals surface area (Å²) in [5.41, 5.74) is 2.11. The summed E-state index contributed by atoms with van der Waals surface area (Å²) in [7, 11) is 2.93. The minimum Gasteiger partial charge on any atom is -0.495 e. The number of nitrogens with one attached hydrogen (secondary N) is 3. The van der Waals surface area contributed by atoms with Crippen LogP contribution in [0.2, 0.25) is 10.0 Å². The number of rotatable bonds is 14. The predicted octanol–water partition coefficient (Wildman–Crippen LogP) is 6.23. The number of carbonyl (C=O) groups excluding carboxylic acids is 1. The van der Waals surface area contributed by atoms with Crippen LogP contribution in [0.25, 0.3) is 10.2 Å². The average molecular weight is 619 g/mol. The zero-order valence-electron chi connectivity index (χ0n) is 23.4. The molecular weight excluding hydrogens is 585 g/mol. The molecule has 4 aromatic rings. The van der Waals surface area contributed by atoms with Crippen molar-refractivity contribution in [1.29, 1.82) is 0 Å². The van der Waals surface area contributed by atoms with Crippen molar-refractivity contribution >= 4 is 68.0 Å². The van der Waals surface area contributed by atoms with Crippen LogP contribution in [0, 0.1) is 0 Å². The van der Waals surface area contributed by atoms with Crippen molar-refractivity contribution in [1.82, 2.24) is 25.2 Å². The van der Waals surface area contributed by atoms with Gasteiger partial charge in [0.25, 0.3) is 5.91 Å². The molecule has 218 valence electrons. The summed E-state index contributed by atoms with van der Waals surface area (Å²) in [5.74, 6) is 1.38. The molecule has 0 fully saturated rings. The largest absolute Gasteiger partial charge is 0.495 e. The number of thiophene rings is 1. The van der Waals surface area contributed by atoms with Gasteiger partial charge in [-0.05, 0) is 44.2 Å². The first kappa shape index (κ1) is 30.7. The number of fused-ring (bicyclic) bond motifs is 1. The number of halogens is 2. The number of methoxy groups -OCH3 is 2. The van der Waals surface area contributed by atoms with Crippen molar-refractivity contribution in [2.75, 3.05) is 51.0 Å². The van der Waals surface area contributed by atoms with Gasteiger partial charge in [0.2, 0.25) is 0 Å². The zero-order valence-corrected chi connectivity index (χ0v) is 25.7. The first-order chi connectivity index (χ1) is 19.9. The molecule has 3 N–H and O–H groups in total. The molecule has 1 aromatic carbocycles. The van der Waals surface area contributed by atoms with Gasteiger partial charge in [-0.2, -0.15) is 0 Å². The maximum Gasteiger partial charge on any atom is 0.258 e. The summed E-state index contributed by atoms with van der Waals surface area (Å²) in [6.07, 6.45) is 4.34. The summed E-state index contributed by atoms with van der Waals surface area (Å²) in [6, 6.07) is 5.48. The quantitative estimate of drug-likeness (QED) is 0.142. The van der Waals surface area contributed by atoms with Gasteiger partial charge < -0.3 is 30.3 Å². The maximum atomic E-state index is 13.3. The Morgan fingerprint density at radius 3 is 2.41 bits per heavy atom. The fraction of sp³-hybridized carbons (Fsp3) is 0.357. The van der Waals surface area contributed by atoms with Crippen LogP contribution in [0.4, 0.5) is 17.3 Å². The Hall–Kier alpha value is -3.22. The summed E-state index contributed by atoms with van der Waals surface area (Å²) in [5, 5.41) is 11.5. The van der Waals surface area contributed by atoms with E-state index < -0.39 is 5.91 Å². The Labute approximate surface area is 253 Å². The van der Waals surface area contributed by atoms with Crippen molar-refractivity contribution in [3.05, 3.63) is 57.3 Å². The lowest BCUT2D eigenvalue weighted by atomic mass is 10.2. The normalized spacial score (nSPS) is 11.2. The number of benzene rings is 1. The molecule has 0 aliphatic rings. The van der Waals surface area contributed by atoms with E-state index >= 15 is 0 Å². The molecule has 4 rings (SSSR count). The molecule has 13 heteroatoms. The number of carbonyl (C=O) groups is 1. The van der Waals surface area contributed by atoms with Crippen LogP contribution in [0.3, 0.4) is 0 Å². The third kappa shape index (κ3) is 7.35. The molecule has 0 spiro atoms. The van der Waals surface area contributed by atoms with Crippen molar-refractivity contribution in [3.8, 4) is 11.5 Å². The molecule has 0 aliphatic heterocycles. The first-order valence-corrected chi connectivity index (χ1v) is 14.8. The highest BCUT2D eigenvalue weighted by Crippen LogP contribution is 2.44. The molecule has 1 amide bonds. The third-order valence-corrected chi connectivity index (χ3v) is 8.26. The molecule has 0 bridgehead atoms. The van der Waals surface area contributed by atoms with Crippen LogP contribution in [0.15, 0.2) is 36.1 Å². The van der Waals surface area contributed by atoms with Gasteiger partial charge in [-0.25, -0.2) is 15.0 Å². The summed E-state index contributed by atoms with van der Waals surface area (Å²) in [4.78, 5) is 29.0. The highest BCUT2D eigenvalue weighted by molar-refractivity contribution is 7.18. The highest BCUT2D eigenvalue weighted by atomic mass is 35.5. The van der Waals surface area contributed by atoms with Crippen molar-refractivity contribution in [3.63, 3.8) is 0 Å². The number of amides is 1. The van der Waals surface area contributed by atoms with Gasteiger partial charge in [-0.15, -0.1) is 11.3 Å². The van der Waals surface area contributed by atoms with Gasteiger partial charge in [-0.3, -0.25) is 4.79 Å². The van der Waals surface area contributed by atoms with Crippen molar-refractivity contribution < 1.29 is 14.3 Å². The van der Waals surface area contributed by atoms with E-state index in [0.29, 0.717) is 38.9 Å². The molecule has 0 radical (unpaired) electrons. The molecule has 0 unspecified atom stereocenters. The number of aromatic nitrogens is 3. The number of hydrogen-bond acceptors (Lipinski definition) is 10. The van der Waals surface area contributed by atoms with E-state index in [0.717, 1.165) is 44.7 Å². The highest BCUT2D eigenvalue weighted by Gasteiger charge is 2.22. The second kappa shape index (κ2) is 14.6. The van der Waals surface area contributed by atoms with Gasteiger partial charge in [0.05, 0.1) is 35.7 Å². The maximum absolute atomic E-state index is 13.3. The zero-order chi connectivity index (χ0) is 29.4. The smallest absolute Gasteiger partial charge is 0.258 e. The molecule has 0 aliphatic carbocycles. The third-order valence-electron chi connectivity index (χ3n) is 6.53. The van der Waals surface area contributed by atoms with Crippen LogP contribution in [0.5, 0.6) is 11.5 Å². The standard InChI is InChI=1S/C28H33Cl2N7O3S/c1-5-37(6-2)11-7-10-31-13-17-8-9-21(32-14-17)35-27-26-24(33-16-34-27)18(15-41-26)28(38)36-25-22(29)19(39-3)12-20(40-4)23(25)30/h8-9,12,14-16,31H,5-7,10-11,13H2,1-4H3,(H,36,38)(H,32,33,34,35). The Balaban J connectivity index is 1.43. The SMILES string of the molecule is CCN(CC)CCCNCc1ccc(Nc2ncnc3c(C(=O)Nc4c(Cl)c(OC)cc(OC)c4Cl)csc23)nc1. The molecular formula is C28H33Cl2N7O3S. The lowest BCUT2D eigenvalue weighted by Crippen LogP contribution is -2.27. The fourth-order valence-corrected chi connectivity index (χ4v) is 5.74. The number of nitrogens with zero attached hydrogens (tertiary/aromatic N) is 4. The predicted molar refractivity (Wildman–Crippen MR) is 167 cm³/mol. The van der Waals surface area contributed by atoms with Gasteiger partial charge >= 0.3 is 0 Å². The average Bonchev–Trinajstić information content (AvgIpc) is 3.43. The molecule has 0 saturated heterocycles. The van der Waals surface area contributed by atoms with Crippen LogP contribution in [-0.2, 0) is 6.54 Å². The first-order valence-electron chi connectivity index (χ1n) is 13.2. The molecule has 10 nitrogen and oxygen atoms in total. The lowest BCUT2D eigenvalue weighted by Gasteiger charge is -2.17.